The maximum absolute atomic E-state index is 13.6. The number of fused-ring (bicyclic) bond motifs is 1. The molecule has 194 valence electrons. The molecule has 0 bridgehead atoms. The average molecular weight is 516 g/mol. The third kappa shape index (κ3) is 4.68. The summed E-state index contributed by atoms with van der Waals surface area (Å²) in [5.74, 6) is -3.76. The summed E-state index contributed by atoms with van der Waals surface area (Å²) in [6.45, 7) is 0.00436. The zero-order valence-electron chi connectivity index (χ0n) is 19.5. The van der Waals surface area contributed by atoms with E-state index in [-0.39, 0.29) is 22.9 Å². The highest BCUT2D eigenvalue weighted by Gasteiger charge is 2.47. The molecule has 14 nitrogen and oxygen atoms in total. The van der Waals surface area contributed by atoms with E-state index in [2.05, 4.69) is 40.9 Å². The van der Waals surface area contributed by atoms with Crippen LogP contribution in [0.15, 0.2) is 37.1 Å². The molecule has 1 saturated heterocycles. The molecule has 4 atom stereocenters. The standard InChI is InChI=1S/C21H22F2N10O4/c1-21(22,23)8-26-16-12-17(32(9-27-12)19-14(35)13(34)15(37-19)18(36)24-2)29-20(28-16)33-7-11(30-31-33)10-3-5-25-6-4-10/h3-7,9,13-15,19,34-35H,8H2,1-2H3,(H,24,36)(H,26,28,29)/t13-,14+,15?,19+/m0/s1. The molecule has 1 amide bonds. The number of nitrogens with zero attached hydrogens (tertiary/aromatic N) is 8. The highest BCUT2D eigenvalue weighted by Crippen LogP contribution is 2.33. The lowest BCUT2D eigenvalue weighted by atomic mass is 10.1. The number of aliphatic hydroxyl groups excluding tert-OH is 2. The molecule has 4 aromatic rings. The number of amides is 1. The molecule has 1 aliphatic heterocycles. The molecule has 5 heterocycles. The molecule has 1 fully saturated rings. The van der Waals surface area contributed by atoms with Gasteiger partial charge in [-0.05, 0) is 12.1 Å². The summed E-state index contributed by atoms with van der Waals surface area (Å²) in [5.41, 5.74) is 1.38. The minimum Gasteiger partial charge on any atom is -0.387 e. The molecule has 4 N–H and O–H groups in total. The number of pyridine rings is 1. The Kier molecular flexibility index (Phi) is 6.22. The number of hydrogen-bond acceptors (Lipinski definition) is 11. The smallest absolute Gasteiger partial charge is 0.262 e. The number of aromatic nitrogens is 8. The normalized spacial score (nSPS) is 21.9. The molecule has 0 radical (unpaired) electrons. The number of hydrogen-bond donors (Lipinski definition) is 4. The summed E-state index contributed by atoms with van der Waals surface area (Å²) in [7, 11) is 1.37. The van der Waals surface area contributed by atoms with Crippen LogP contribution in [0.4, 0.5) is 14.6 Å². The lowest BCUT2D eigenvalue weighted by Gasteiger charge is -2.17. The van der Waals surface area contributed by atoms with Crippen molar-refractivity contribution in [3.8, 4) is 17.2 Å². The van der Waals surface area contributed by atoms with E-state index in [9.17, 15) is 23.8 Å². The van der Waals surface area contributed by atoms with E-state index in [1.165, 1.54) is 22.6 Å². The van der Waals surface area contributed by atoms with Crippen LogP contribution in [0, 0.1) is 0 Å². The van der Waals surface area contributed by atoms with E-state index in [4.69, 9.17) is 4.74 Å². The maximum atomic E-state index is 13.6. The summed E-state index contributed by atoms with van der Waals surface area (Å²) in [5, 5.41) is 34.0. The zero-order valence-corrected chi connectivity index (χ0v) is 19.5. The Morgan fingerprint density at radius 2 is 1.97 bits per heavy atom. The van der Waals surface area contributed by atoms with Crippen LogP contribution in [0.5, 0.6) is 0 Å². The predicted molar refractivity (Wildman–Crippen MR) is 123 cm³/mol. The van der Waals surface area contributed by atoms with Crippen molar-refractivity contribution in [2.45, 2.75) is 37.4 Å². The monoisotopic (exact) mass is 516 g/mol. The van der Waals surface area contributed by atoms with Gasteiger partial charge in [0.1, 0.15) is 17.9 Å². The summed E-state index contributed by atoms with van der Waals surface area (Å²) in [6, 6.07) is 3.47. The van der Waals surface area contributed by atoms with Gasteiger partial charge >= 0.3 is 0 Å². The molecule has 4 aromatic heterocycles. The Hall–Kier alpha value is -4.15. The number of carbonyl (C=O) groups excluding carboxylic acids is 1. The number of halogens is 2. The van der Waals surface area contributed by atoms with Gasteiger partial charge in [-0.1, -0.05) is 5.21 Å². The van der Waals surface area contributed by atoms with Crippen LogP contribution in [0.1, 0.15) is 13.2 Å². The van der Waals surface area contributed by atoms with Crippen molar-refractivity contribution in [3.05, 3.63) is 37.1 Å². The van der Waals surface area contributed by atoms with Crippen molar-refractivity contribution in [1.29, 1.82) is 0 Å². The second-order valence-corrected chi connectivity index (χ2v) is 8.45. The van der Waals surface area contributed by atoms with Crippen molar-refractivity contribution in [1.82, 2.24) is 44.8 Å². The average Bonchev–Trinajstić information content (AvgIpc) is 3.61. The maximum Gasteiger partial charge on any atom is 0.262 e. The number of nitrogens with one attached hydrogen (secondary N) is 2. The van der Waals surface area contributed by atoms with Gasteiger partial charge in [0.25, 0.3) is 17.8 Å². The molecule has 0 spiro atoms. The van der Waals surface area contributed by atoms with E-state index in [1.807, 2.05) is 0 Å². The third-order valence-corrected chi connectivity index (χ3v) is 5.67. The minimum absolute atomic E-state index is 0.0304. The molecule has 37 heavy (non-hydrogen) atoms. The highest BCUT2D eigenvalue weighted by molar-refractivity contribution is 5.84. The summed E-state index contributed by atoms with van der Waals surface area (Å²) in [4.78, 5) is 29.0. The first-order valence-corrected chi connectivity index (χ1v) is 11.1. The molecule has 0 aliphatic carbocycles. The van der Waals surface area contributed by atoms with E-state index in [1.54, 1.807) is 30.7 Å². The highest BCUT2D eigenvalue weighted by atomic mass is 19.3. The van der Waals surface area contributed by atoms with Crippen LogP contribution in [0.3, 0.4) is 0 Å². The van der Waals surface area contributed by atoms with Crippen LogP contribution >= 0.6 is 0 Å². The predicted octanol–water partition coefficient (Wildman–Crippen LogP) is -0.0987. The van der Waals surface area contributed by atoms with Gasteiger partial charge in [0.15, 0.2) is 29.3 Å². The Bertz CT molecular complexity index is 1420. The van der Waals surface area contributed by atoms with E-state index < -0.39 is 42.9 Å². The van der Waals surface area contributed by atoms with Crippen LogP contribution in [0.25, 0.3) is 28.4 Å². The van der Waals surface area contributed by atoms with Crippen LogP contribution in [-0.2, 0) is 9.53 Å². The number of carbonyl (C=O) groups is 1. The SMILES string of the molecule is CNC(=O)C1O[C@@H](n2cnc3c(NCC(C)(F)F)nc(-n4cc(-c5ccncc5)nn4)nc32)[C@H](O)[C@@H]1O. The number of imidazole rings is 1. The van der Waals surface area contributed by atoms with Crippen LogP contribution in [-0.4, -0.2) is 93.4 Å². The van der Waals surface area contributed by atoms with Crippen molar-refractivity contribution >= 4 is 22.9 Å². The first-order chi connectivity index (χ1) is 17.7. The largest absolute Gasteiger partial charge is 0.387 e. The van der Waals surface area contributed by atoms with Crippen molar-refractivity contribution in [2.75, 3.05) is 18.9 Å². The fourth-order valence-corrected chi connectivity index (χ4v) is 3.82. The van der Waals surface area contributed by atoms with Gasteiger partial charge in [-0.3, -0.25) is 14.3 Å². The van der Waals surface area contributed by atoms with Crippen molar-refractivity contribution in [2.24, 2.45) is 0 Å². The molecular formula is C21H22F2N10O4. The molecule has 1 aliphatic rings. The van der Waals surface area contributed by atoms with Gasteiger partial charge in [-0.15, -0.1) is 5.10 Å². The molecule has 16 heteroatoms. The first kappa shape index (κ1) is 24.5. The van der Waals surface area contributed by atoms with Gasteiger partial charge in [-0.25, -0.2) is 13.8 Å². The van der Waals surface area contributed by atoms with Gasteiger partial charge in [0.2, 0.25) is 0 Å². The Morgan fingerprint density at radius 1 is 1.22 bits per heavy atom. The van der Waals surface area contributed by atoms with E-state index in [0.29, 0.717) is 5.69 Å². The Balaban J connectivity index is 1.58. The molecule has 0 aromatic carbocycles. The second-order valence-electron chi connectivity index (χ2n) is 8.45. The summed E-state index contributed by atoms with van der Waals surface area (Å²) >= 11 is 0. The summed E-state index contributed by atoms with van der Waals surface area (Å²) in [6.07, 6.45) is 0.326. The molecular weight excluding hydrogens is 494 g/mol. The first-order valence-electron chi connectivity index (χ1n) is 11.1. The van der Waals surface area contributed by atoms with Gasteiger partial charge in [0.05, 0.1) is 19.1 Å². The lowest BCUT2D eigenvalue weighted by Crippen LogP contribution is -2.41. The molecule has 1 unspecified atom stereocenters. The third-order valence-electron chi connectivity index (χ3n) is 5.67. The number of alkyl halides is 2. The van der Waals surface area contributed by atoms with E-state index >= 15 is 0 Å². The fraction of sp³-hybridized carbons (Fsp3) is 0.381. The Morgan fingerprint density at radius 3 is 2.68 bits per heavy atom. The number of rotatable bonds is 7. The van der Waals surface area contributed by atoms with Gasteiger partial charge in [0, 0.05) is 31.9 Å². The number of anilines is 1. The Labute approximate surface area is 207 Å². The zero-order chi connectivity index (χ0) is 26.3. The number of aliphatic hydroxyl groups is 2. The van der Waals surface area contributed by atoms with E-state index in [0.717, 1.165) is 12.5 Å². The topological polar surface area (TPSA) is 178 Å². The molecule has 5 rings (SSSR count). The van der Waals surface area contributed by atoms with Crippen LogP contribution < -0.4 is 10.6 Å². The number of likely N-dealkylation sites (N-methyl/N-ethyl adjacent to an activating group) is 1. The van der Waals surface area contributed by atoms with Crippen LogP contribution in [0.2, 0.25) is 0 Å². The van der Waals surface area contributed by atoms with Gasteiger partial charge in [-0.2, -0.15) is 14.6 Å². The quantitative estimate of drug-likeness (QED) is 0.258. The minimum atomic E-state index is -3.06. The molecule has 0 saturated carbocycles. The fourth-order valence-electron chi connectivity index (χ4n) is 3.82. The van der Waals surface area contributed by atoms with Crippen molar-refractivity contribution < 1.29 is 28.5 Å². The van der Waals surface area contributed by atoms with Gasteiger partial charge < -0.3 is 25.6 Å². The number of ether oxygens (including phenoxy) is 1. The lowest BCUT2D eigenvalue weighted by molar-refractivity contribution is -0.137. The summed E-state index contributed by atoms with van der Waals surface area (Å²) < 4.78 is 35.4. The second kappa shape index (κ2) is 9.38. The van der Waals surface area contributed by atoms with Crippen molar-refractivity contribution in [3.63, 3.8) is 0 Å².